The molecule has 0 bridgehead atoms. The van der Waals surface area contributed by atoms with Gasteiger partial charge in [-0.1, -0.05) is 30.0 Å². The molecular formula is C17H16N4O3S. The monoisotopic (exact) mass is 356 g/mol. The van der Waals surface area contributed by atoms with Crippen molar-refractivity contribution in [2.45, 2.75) is 24.4 Å². The molecule has 128 valence electrons. The number of aromatic nitrogens is 3. The van der Waals surface area contributed by atoms with Crippen LogP contribution in [0.15, 0.2) is 58.8 Å². The molecule has 0 aliphatic carbocycles. The summed E-state index contributed by atoms with van der Waals surface area (Å²) < 4.78 is 7.30. The summed E-state index contributed by atoms with van der Waals surface area (Å²) in [6, 6.07) is 8.45. The van der Waals surface area contributed by atoms with E-state index in [4.69, 9.17) is 4.42 Å². The fourth-order valence-corrected chi connectivity index (χ4v) is 3.30. The molecule has 25 heavy (non-hydrogen) atoms. The number of hydrogen-bond acceptors (Lipinski definition) is 6. The second kappa shape index (κ2) is 7.35. The van der Waals surface area contributed by atoms with Crippen molar-refractivity contribution >= 4 is 17.4 Å². The molecule has 0 atom stereocenters. The van der Waals surface area contributed by atoms with Crippen molar-refractivity contribution in [3.05, 3.63) is 70.7 Å². The number of nitro groups is 1. The minimum Gasteiger partial charge on any atom is -0.469 e. The molecule has 3 rings (SSSR count). The van der Waals surface area contributed by atoms with Crippen LogP contribution in [0.2, 0.25) is 0 Å². The predicted octanol–water partition coefficient (Wildman–Crippen LogP) is 4.23. The Morgan fingerprint density at radius 3 is 2.92 bits per heavy atom. The molecule has 2 heterocycles. The molecular weight excluding hydrogens is 340 g/mol. The minimum atomic E-state index is -0.395. The summed E-state index contributed by atoms with van der Waals surface area (Å²) in [5, 5.41) is 20.1. The Morgan fingerprint density at radius 1 is 1.40 bits per heavy atom. The highest BCUT2D eigenvalue weighted by Crippen LogP contribution is 2.29. The van der Waals surface area contributed by atoms with Gasteiger partial charge in [-0.2, -0.15) is 0 Å². The van der Waals surface area contributed by atoms with Gasteiger partial charge in [0.25, 0.3) is 5.69 Å². The molecule has 3 aromatic rings. The highest BCUT2D eigenvalue weighted by atomic mass is 32.2. The van der Waals surface area contributed by atoms with Gasteiger partial charge in [-0.3, -0.25) is 14.7 Å². The van der Waals surface area contributed by atoms with E-state index in [1.165, 1.54) is 17.8 Å². The fourth-order valence-electron chi connectivity index (χ4n) is 2.41. The summed E-state index contributed by atoms with van der Waals surface area (Å²) in [4.78, 5) is 10.5. The van der Waals surface area contributed by atoms with E-state index in [2.05, 4.69) is 16.8 Å². The number of non-ortho nitro benzene ring substituents is 1. The van der Waals surface area contributed by atoms with E-state index >= 15 is 0 Å². The SMILES string of the molecule is C=CCn1c(SCc2cccc([N+](=O)[O-])c2)nnc1-c1ccoc1C. The van der Waals surface area contributed by atoms with Crippen LogP contribution in [-0.4, -0.2) is 19.7 Å². The first-order chi connectivity index (χ1) is 12.1. The van der Waals surface area contributed by atoms with Gasteiger partial charge in [-0.15, -0.1) is 16.8 Å². The van der Waals surface area contributed by atoms with Gasteiger partial charge < -0.3 is 4.42 Å². The van der Waals surface area contributed by atoms with Crippen molar-refractivity contribution in [3.63, 3.8) is 0 Å². The molecule has 0 saturated heterocycles. The van der Waals surface area contributed by atoms with Crippen LogP contribution >= 0.6 is 11.8 Å². The van der Waals surface area contributed by atoms with Gasteiger partial charge in [0.1, 0.15) is 5.76 Å². The van der Waals surface area contributed by atoms with Crippen molar-refractivity contribution in [1.29, 1.82) is 0 Å². The van der Waals surface area contributed by atoms with Crippen LogP contribution in [0.4, 0.5) is 5.69 Å². The van der Waals surface area contributed by atoms with Gasteiger partial charge >= 0.3 is 0 Å². The number of nitro benzene ring substituents is 1. The molecule has 0 aliphatic heterocycles. The maximum absolute atomic E-state index is 10.9. The average molecular weight is 356 g/mol. The number of furan rings is 1. The van der Waals surface area contributed by atoms with Gasteiger partial charge in [0.2, 0.25) is 0 Å². The molecule has 0 N–H and O–H groups in total. The zero-order chi connectivity index (χ0) is 17.8. The maximum Gasteiger partial charge on any atom is 0.269 e. The number of allylic oxidation sites excluding steroid dienone is 1. The van der Waals surface area contributed by atoms with Crippen LogP contribution in [0, 0.1) is 17.0 Å². The van der Waals surface area contributed by atoms with Crippen LogP contribution in [0.5, 0.6) is 0 Å². The van der Waals surface area contributed by atoms with Crippen LogP contribution in [0.1, 0.15) is 11.3 Å². The minimum absolute atomic E-state index is 0.0837. The molecule has 0 aliphatic rings. The smallest absolute Gasteiger partial charge is 0.269 e. The number of benzene rings is 1. The molecule has 0 spiro atoms. The van der Waals surface area contributed by atoms with E-state index in [0.717, 1.165) is 22.0 Å². The van der Waals surface area contributed by atoms with Crippen LogP contribution < -0.4 is 0 Å². The number of thioether (sulfide) groups is 1. The van der Waals surface area contributed by atoms with E-state index in [-0.39, 0.29) is 5.69 Å². The number of hydrogen-bond donors (Lipinski definition) is 0. The number of rotatable bonds is 7. The molecule has 2 aromatic heterocycles. The standard InChI is InChI=1S/C17H16N4O3S/c1-3-8-20-16(15-7-9-24-12(15)2)18-19-17(20)25-11-13-5-4-6-14(10-13)21(22)23/h3-7,9-10H,1,8,11H2,2H3. The molecule has 1 aromatic carbocycles. The second-order valence-corrected chi connectivity index (χ2v) is 6.25. The van der Waals surface area contributed by atoms with Crippen molar-refractivity contribution in [2.75, 3.05) is 0 Å². The third kappa shape index (κ3) is 3.63. The summed E-state index contributed by atoms with van der Waals surface area (Å²) in [5.41, 5.74) is 1.82. The molecule has 0 saturated carbocycles. The summed E-state index contributed by atoms with van der Waals surface area (Å²) in [5.74, 6) is 2.04. The Kier molecular flexibility index (Phi) is 4.99. The highest BCUT2D eigenvalue weighted by molar-refractivity contribution is 7.98. The summed E-state index contributed by atoms with van der Waals surface area (Å²) in [7, 11) is 0. The Bertz CT molecular complexity index is 916. The molecule has 0 amide bonds. The Morgan fingerprint density at radius 2 is 2.24 bits per heavy atom. The van der Waals surface area contributed by atoms with E-state index in [1.807, 2.05) is 23.6 Å². The summed E-state index contributed by atoms with van der Waals surface area (Å²) in [6.07, 6.45) is 3.40. The lowest BCUT2D eigenvalue weighted by Crippen LogP contribution is -2.01. The largest absolute Gasteiger partial charge is 0.469 e. The molecule has 0 unspecified atom stereocenters. The second-order valence-electron chi connectivity index (χ2n) is 5.31. The number of nitrogens with zero attached hydrogens (tertiary/aromatic N) is 4. The van der Waals surface area contributed by atoms with Crippen molar-refractivity contribution < 1.29 is 9.34 Å². The zero-order valence-electron chi connectivity index (χ0n) is 13.6. The van der Waals surface area contributed by atoms with Crippen molar-refractivity contribution in [2.24, 2.45) is 0 Å². The number of aryl methyl sites for hydroxylation is 1. The third-order valence-electron chi connectivity index (χ3n) is 3.62. The molecule has 0 radical (unpaired) electrons. The van der Waals surface area contributed by atoms with Crippen molar-refractivity contribution in [3.8, 4) is 11.4 Å². The van der Waals surface area contributed by atoms with Gasteiger partial charge in [-0.05, 0) is 18.6 Å². The van der Waals surface area contributed by atoms with Gasteiger partial charge in [-0.25, -0.2) is 0 Å². The van der Waals surface area contributed by atoms with Crippen LogP contribution in [0.3, 0.4) is 0 Å². The van der Waals surface area contributed by atoms with Gasteiger partial charge in [0.15, 0.2) is 11.0 Å². The van der Waals surface area contributed by atoms with E-state index in [0.29, 0.717) is 18.1 Å². The van der Waals surface area contributed by atoms with Crippen molar-refractivity contribution in [1.82, 2.24) is 14.8 Å². The normalized spacial score (nSPS) is 10.8. The quantitative estimate of drug-likeness (QED) is 0.272. The lowest BCUT2D eigenvalue weighted by molar-refractivity contribution is -0.384. The fraction of sp³-hybridized carbons (Fsp3) is 0.176. The Balaban J connectivity index is 1.84. The van der Waals surface area contributed by atoms with Crippen LogP contribution in [0.25, 0.3) is 11.4 Å². The lowest BCUT2D eigenvalue weighted by Gasteiger charge is -2.07. The highest BCUT2D eigenvalue weighted by Gasteiger charge is 2.17. The maximum atomic E-state index is 10.9. The first-order valence-corrected chi connectivity index (χ1v) is 8.53. The molecule has 8 heteroatoms. The predicted molar refractivity (Wildman–Crippen MR) is 95.3 cm³/mol. The first kappa shape index (κ1) is 17.0. The summed E-state index contributed by atoms with van der Waals surface area (Å²) in [6.45, 7) is 6.22. The molecule has 7 nitrogen and oxygen atoms in total. The Labute approximate surface area is 148 Å². The van der Waals surface area contributed by atoms with E-state index < -0.39 is 4.92 Å². The average Bonchev–Trinajstić information content (AvgIpc) is 3.19. The van der Waals surface area contributed by atoms with Crippen LogP contribution in [-0.2, 0) is 12.3 Å². The third-order valence-corrected chi connectivity index (χ3v) is 4.66. The topological polar surface area (TPSA) is 87.0 Å². The lowest BCUT2D eigenvalue weighted by atomic mass is 10.2. The Hall–Kier alpha value is -2.87. The first-order valence-electron chi connectivity index (χ1n) is 7.55. The molecule has 0 fully saturated rings. The van der Waals surface area contributed by atoms with Gasteiger partial charge in [0.05, 0.1) is 16.7 Å². The zero-order valence-corrected chi connectivity index (χ0v) is 14.4. The van der Waals surface area contributed by atoms with Gasteiger partial charge in [0, 0.05) is 24.4 Å². The van der Waals surface area contributed by atoms with E-state index in [1.54, 1.807) is 24.5 Å². The summed E-state index contributed by atoms with van der Waals surface area (Å²) >= 11 is 1.47. The van der Waals surface area contributed by atoms with E-state index in [9.17, 15) is 10.1 Å².